The molecule has 122 valence electrons. The minimum absolute atomic E-state index is 0.124. The average molecular weight is 313 g/mol. The second-order valence-electron chi connectivity index (χ2n) is 5.51. The first-order valence-electron chi connectivity index (χ1n) is 7.87. The van der Waals surface area contributed by atoms with Crippen LogP contribution in [-0.2, 0) is 4.79 Å². The van der Waals surface area contributed by atoms with Crippen LogP contribution in [0.3, 0.4) is 0 Å². The van der Waals surface area contributed by atoms with E-state index in [-0.39, 0.29) is 12.0 Å². The van der Waals surface area contributed by atoms with Crippen LogP contribution in [0, 0.1) is 0 Å². The third-order valence-corrected chi connectivity index (χ3v) is 3.18. The molecule has 0 bridgehead atoms. The molecule has 0 aliphatic rings. The van der Waals surface area contributed by atoms with Gasteiger partial charge >= 0.3 is 0 Å². The van der Waals surface area contributed by atoms with E-state index in [2.05, 4.69) is 5.32 Å². The highest BCUT2D eigenvalue weighted by molar-refractivity contribution is 5.94. The molecule has 0 unspecified atom stereocenters. The zero-order valence-corrected chi connectivity index (χ0v) is 13.8. The number of hydrogen-bond acceptors (Lipinski definition) is 3. The molecule has 4 heteroatoms. The van der Waals surface area contributed by atoms with E-state index < -0.39 is 6.10 Å². The molecule has 1 atom stereocenters. The van der Waals surface area contributed by atoms with Gasteiger partial charge in [-0.05, 0) is 56.7 Å². The smallest absolute Gasteiger partial charge is 0.265 e. The van der Waals surface area contributed by atoms with Crippen molar-refractivity contribution in [3.8, 4) is 11.5 Å². The van der Waals surface area contributed by atoms with Crippen LogP contribution >= 0.6 is 0 Å². The van der Waals surface area contributed by atoms with Gasteiger partial charge in [0.25, 0.3) is 5.91 Å². The Morgan fingerprint density at radius 1 is 0.957 bits per heavy atom. The average Bonchev–Trinajstić information content (AvgIpc) is 2.55. The molecule has 0 spiro atoms. The van der Waals surface area contributed by atoms with Crippen LogP contribution in [0.2, 0.25) is 0 Å². The second kappa shape index (κ2) is 8.22. The van der Waals surface area contributed by atoms with Crippen LogP contribution in [0.5, 0.6) is 11.5 Å². The van der Waals surface area contributed by atoms with Crippen LogP contribution in [-0.4, -0.2) is 18.1 Å². The molecule has 1 amide bonds. The van der Waals surface area contributed by atoms with Crippen molar-refractivity contribution in [2.24, 2.45) is 0 Å². The maximum Gasteiger partial charge on any atom is 0.265 e. The molecule has 23 heavy (non-hydrogen) atoms. The highest BCUT2D eigenvalue weighted by atomic mass is 16.5. The van der Waals surface area contributed by atoms with E-state index in [4.69, 9.17) is 9.47 Å². The molecule has 0 heterocycles. The third kappa shape index (κ3) is 5.33. The molecule has 0 aliphatic carbocycles. The van der Waals surface area contributed by atoms with Gasteiger partial charge < -0.3 is 14.8 Å². The summed E-state index contributed by atoms with van der Waals surface area (Å²) in [5.74, 6) is 1.31. The largest absolute Gasteiger partial charge is 0.491 e. The van der Waals surface area contributed by atoms with Crippen molar-refractivity contribution in [3.05, 3.63) is 54.6 Å². The molecule has 0 fully saturated rings. The first-order chi connectivity index (χ1) is 11.1. The molecule has 2 aromatic carbocycles. The summed E-state index contributed by atoms with van der Waals surface area (Å²) < 4.78 is 11.3. The summed E-state index contributed by atoms with van der Waals surface area (Å²) in [5.41, 5.74) is 0.723. The van der Waals surface area contributed by atoms with Crippen LogP contribution in [0.4, 0.5) is 5.69 Å². The minimum Gasteiger partial charge on any atom is -0.491 e. The molecule has 0 aliphatic heterocycles. The van der Waals surface area contributed by atoms with Gasteiger partial charge in [0.1, 0.15) is 11.5 Å². The molecule has 1 N–H and O–H groups in total. The van der Waals surface area contributed by atoms with Crippen molar-refractivity contribution in [3.63, 3.8) is 0 Å². The number of para-hydroxylation sites is 1. The Labute approximate surface area is 137 Å². The van der Waals surface area contributed by atoms with Crippen molar-refractivity contribution in [2.45, 2.75) is 39.4 Å². The molecule has 2 rings (SSSR count). The maximum absolute atomic E-state index is 12.3. The van der Waals surface area contributed by atoms with E-state index in [0.29, 0.717) is 12.2 Å². The molecular weight excluding hydrogens is 290 g/mol. The summed E-state index contributed by atoms with van der Waals surface area (Å²) in [4.78, 5) is 12.3. The quantitative estimate of drug-likeness (QED) is 0.830. The molecule has 2 aromatic rings. The van der Waals surface area contributed by atoms with Crippen molar-refractivity contribution in [1.29, 1.82) is 0 Å². The van der Waals surface area contributed by atoms with Crippen LogP contribution < -0.4 is 14.8 Å². The van der Waals surface area contributed by atoms with Gasteiger partial charge in [-0.15, -0.1) is 0 Å². The Balaban J connectivity index is 1.96. The minimum atomic E-state index is -0.524. The number of carbonyl (C=O) groups excluding carboxylic acids is 1. The zero-order valence-electron chi connectivity index (χ0n) is 13.8. The Kier molecular flexibility index (Phi) is 6.03. The summed E-state index contributed by atoms with van der Waals surface area (Å²) in [6, 6.07) is 16.7. The molecule has 0 radical (unpaired) electrons. The van der Waals surface area contributed by atoms with Crippen molar-refractivity contribution in [2.75, 3.05) is 5.32 Å². The van der Waals surface area contributed by atoms with Crippen molar-refractivity contribution < 1.29 is 14.3 Å². The summed E-state index contributed by atoms with van der Waals surface area (Å²) in [5, 5.41) is 2.87. The fourth-order valence-electron chi connectivity index (χ4n) is 2.10. The molecular formula is C19H23NO3. The molecule has 0 saturated heterocycles. The topological polar surface area (TPSA) is 47.6 Å². The number of anilines is 1. The van der Waals surface area contributed by atoms with Gasteiger partial charge in [0.2, 0.25) is 0 Å². The SMILES string of the molecule is CC[C@@H](Oc1ccccc1)C(=O)Nc1ccc(OC(C)C)cc1. The van der Waals surface area contributed by atoms with Crippen LogP contribution in [0.15, 0.2) is 54.6 Å². The van der Waals surface area contributed by atoms with Gasteiger partial charge in [0, 0.05) is 5.69 Å². The standard InChI is InChI=1S/C19H23NO3/c1-4-18(23-16-8-6-5-7-9-16)19(21)20-15-10-12-17(13-11-15)22-14(2)3/h5-14,18H,4H2,1-3H3,(H,20,21)/t18-/m1/s1. The number of rotatable bonds is 7. The lowest BCUT2D eigenvalue weighted by Crippen LogP contribution is -2.32. The normalized spacial score (nSPS) is 11.8. The second-order valence-corrected chi connectivity index (χ2v) is 5.51. The summed E-state index contributed by atoms with van der Waals surface area (Å²) >= 11 is 0. The maximum atomic E-state index is 12.3. The monoisotopic (exact) mass is 313 g/mol. The molecule has 4 nitrogen and oxygen atoms in total. The predicted molar refractivity (Wildman–Crippen MR) is 92.0 cm³/mol. The summed E-state index contributed by atoms with van der Waals surface area (Å²) in [6.07, 6.45) is 0.193. The Bertz CT molecular complexity index is 608. The Hall–Kier alpha value is -2.49. The fourth-order valence-corrected chi connectivity index (χ4v) is 2.10. The molecule has 0 saturated carbocycles. The van der Waals surface area contributed by atoms with Crippen molar-refractivity contribution >= 4 is 11.6 Å². The van der Waals surface area contributed by atoms with Crippen LogP contribution in [0.1, 0.15) is 27.2 Å². The number of carbonyl (C=O) groups is 1. The lowest BCUT2D eigenvalue weighted by Gasteiger charge is -2.17. The predicted octanol–water partition coefficient (Wildman–Crippen LogP) is 4.27. The highest BCUT2D eigenvalue weighted by Gasteiger charge is 2.18. The van der Waals surface area contributed by atoms with Crippen molar-refractivity contribution in [1.82, 2.24) is 0 Å². The first kappa shape index (κ1) is 16.9. The van der Waals surface area contributed by atoms with E-state index in [9.17, 15) is 4.79 Å². The van der Waals surface area contributed by atoms with Gasteiger partial charge in [-0.1, -0.05) is 25.1 Å². The van der Waals surface area contributed by atoms with Gasteiger partial charge in [0.15, 0.2) is 6.10 Å². The van der Waals surface area contributed by atoms with E-state index >= 15 is 0 Å². The number of benzene rings is 2. The number of amides is 1. The Morgan fingerprint density at radius 3 is 2.13 bits per heavy atom. The first-order valence-corrected chi connectivity index (χ1v) is 7.87. The summed E-state index contributed by atoms with van der Waals surface area (Å²) in [7, 11) is 0. The number of ether oxygens (including phenoxy) is 2. The summed E-state index contributed by atoms with van der Waals surface area (Å²) in [6.45, 7) is 5.87. The molecule has 0 aromatic heterocycles. The zero-order chi connectivity index (χ0) is 16.7. The lowest BCUT2D eigenvalue weighted by atomic mass is 10.2. The number of nitrogens with one attached hydrogen (secondary N) is 1. The lowest BCUT2D eigenvalue weighted by molar-refractivity contribution is -0.122. The van der Waals surface area contributed by atoms with Gasteiger partial charge in [-0.3, -0.25) is 4.79 Å². The van der Waals surface area contributed by atoms with Gasteiger partial charge in [0.05, 0.1) is 6.10 Å². The third-order valence-electron chi connectivity index (χ3n) is 3.18. The van der Waals surface area contributed by atoms with Gasteiger partial charge in [-0.2, -0.15) is 0 Å². The van der Waals surface area contributed by atoms with E-state index in [0.717, 1.165) is 11.4 Å². The van der Waals surface area contributed by atoms with Crippen LogP contribution in [0.25, 0.3) is 0 Å². The van der Waals surface area contributed by atoms with E-state index in [1.165, 1.54) is 0 Å². The fraction of sp³-hybridized carbons (Fsp3) is 0.316. The Morgan fingerprint density at radius 2 is 1.57 bits per heavy atom. The number of hydrogen-bond donors (Lipinski definition) is 1. The van der Waals surface area contributed by atoms with Gasteiger partial charge in [-0.25, -0.2) is 0 Å². The van der Waals surface area contributed by atoms with E-state index in [1.54, 1.807) is 0 Å². The highest BCUT2D eigenvalue weighted by Crippen LogP contribution is 2.18. The van der Waals surface area contributed by atoms with E-state index in [1.807, 2.05) is 75.4 Å².